The first-order valence-electron chi connectivity index (χ1n) is 5.01. The topological polar surface area (TPSA) is 99.0 Å². The SMILES string of the molecule is COCC(O)CNC(=O)c1ccc(O)cc1O. The zero-order valence-electron chi connectivity index (χ0n) is 9.38. The Hall–Kier alpha value is -1.79. The van der Waals surface area contributed by atoms with Crippen molar-refractivity contribution in [2.75, 3.05) is 20.3 Å². The van der Waals surface area contributed by atoms with E-state index in [4.69, 9.17) is 9.84 Å². The minimum absolute atomic E-state index is 0.0208. The van der Waals surface area contributed by atoms with Gasteiger partial charge in [-0.2, -0.15) is 0 Å². The number of hydrogen-bond acceptors (Lipinski definition) is 5. The van der Waals surface area contributed by atoms with Gasteiger partial charge in [0.05, 0.1) is 18.3 Å². The molecule has 0 saturated carbocycles. The Kier molecular flexibility index (Phi) is 4.74. The molecule has 1 aromatic rings. The van der Waals surface area contributed by atoms with E-state index < -0.39 is 12.0 Å². The van der Waals surface area contributed by atoms with Crippen LogP contribution in [0.15, 0.2) is 18.2 Å². The van der Waals surface area contributed by atoms with Gasteiger partial charge in [0.2, 0.25) is 0 Å². The number of carbonyl (C=O) groups excluding carboxylic acids is 1. The molecule has 1 amide bonds. The molecule has 0 radical (unpaired) electrons. The molecule has 1 aromatic carbocycles. The van der Waals surface area contributed by atoms with E-state index in [1.807, 2.05) is 0 Å². The predicted octanol–water partition coefficient (Wildman–Crippen LogP) is -0.165. The highest BCUT2D eigenvalue weighted by Gasteiger charge is 2.12. The van der Waals surface area contributed by atoms with Gasteiger partial charge in [0.15, 0.2) is 0 Å². The van der Waals surface area contributed by atoms with E-state index in [0.29, 0.717) is 0 Å². The molecule has 4 N–H and O–H groups in total. The average molecular weight is 241 g/mol. The third-order valence-corrected chi connectivity index (χ3v) is 2.08. The quantitative estimate of drug-likeness (QED) is 0.574. The summed E-state index contributed by atoms with van der Waals surface area (Å²) in [6.07, 6.45) is -0.803. The number of nitrogens with one attached hydrogen (secondary N) is 1. The molecule has 6 nitrogen and oxygen atoms in total. The fraction of sp³-hybridized carbons (Fsp3) is 0.364. The molecule has 0 aliphatic heterocycles. The lowest BCUT2D eigenvalue weighted by molar-refractivity contribution is 0.0609. The third-order valence-electron chi connectivity index (χ3n) is 2.08. The highest BCUT2D eigenvalue weighted by Crippen LogP contribution is 2.22. The molecule has 94 valence electrons. The molecule has 1 rings (SSSR count). The number of carbonyl (C=O) groups is 1. The molecule has 0 bridgehead atoms. The first kappa shape index (κ1) is 13.3. The van der Waals surface area contributed by atoms with Crippen LogP contribution in [0.4, 0.5) is 0 Å². The van der Waals surface area contributed by atoms with Crippen LogP contribution in [0.25, 0.3) is 0 Å². The maximum Gasteiger partial charge on any atom is 0.255 e. The average Bonchev–Trinajstić information content (AvgIpc) is 2.26. The number of rotatable bonds is 5. The second-order valence-corrected chi connectivity index (χ2v) is 3.52. The van der Waals surface area contributed by atoms with Crippen LogP contribution in [-0.2, 0) is 4.74 Å². The third kappa shape index (κ3) is 3.93. The molecule has 0 fully saturated rings. The molecule has 0 heterocycles. The van der Waals surface area contributed by atoms with Crippen LogP contribution in [0.5, 0.6) is 11.5 Å². The van der Waals surface area contributed by atoms with Crippen LogP contribution >= 0.6 is 0 Å². The second kappa shape index (κ2) is 6.07. The number of aliphatic hydroxyl groups excluding tert-OH is 1. The maximum absolute atomic E-state index is 11.6. The summed E-state index contributed by atoms with van der Waals surface area (Å²) in [5.41, 5.74) is 0.0346. The first-order chi connectivity index (χ1) is 8.04. The summed E-state index contributed by atoms with van der Waals surface area (Å²) in [7, 11) is 1.44. The fourth-order valence-electron chi connectivity index (χ4n) is 1.27. The largest absolute Gasteiger partial charge is 0.508 e. The molecule has 1 unspecified atom stereocenters. The van der Waals surface area contributed by atoms with Crippen molar-refractivity contribution in [1.82, 2.24) is 5.32 Å². The van der Waals surface area contributed by atoms with Gasteiger partial charge in [-0.3, -0.25) is 4.79 Å². The van der Waals surface area contributed by atoms with Crippen LogP contribution in [-0.4, -0.2) is 47.6 Å². The van der Waals surface area contributed by atoms with Crippen LogP contribution in [0.2, 0.25) is 0 Å². The normalized spacial score (nSPS) is 12.1. The van der Waals surface area contributed by atoms with Crippen molar-refractivity contribution in [3.63, 3.8) is 0 Å². The molecule has 1 atom stereocenters. The lowest BCUT2D eigenvalue weighted by Crippen LogP contribution is -2.34. The Bertz CT molecular complexity index is 393. The summed E-state index contributed by atoms with van der Waals surface area (Å²) in [6, 6.07) is 3.66. The zero-order chi connectivity index (χ0) is 12.8. The number of benzene rings is 1. The summed E-state index contributed by atoms with van der Waals surface area (Å²) >= 11 is 0. The number of methoxy groups -OCH3 is 1. The summed E-state index contributed by atoms with van der Waals surface area (Å²) in [5, 5.41) is 30.2. The number of amides is 1. The Labute approximate surface area is 98.5 Å². The smallest absolute Gasteiger partial charge is 0.255 e. The number of aliphatic hydroxyl groups is 1. The molecule has 17 heavy (non-hydrogen) atoms. The van der Waals surface area contributed by atoms with Crippen molar-refractivity contribution < 1.29 is 24.9 Å². The monoisotopic (exact) mass is 241 g/mol. The molecule has 0 aliphatic carbocycles. The fourth-order valence-corrected chi connectivity index (χ4v) is 1.27. The van der Waals surface area contributed by atoms with Gasteiger partial charge in [0.25, 0.3) is 5.91 Å². The predicted molar refractivity (Wildman–Crippen MR) is 60.0 cm³/mol. The Morgan fingerprint density at radius 3 is 2.76 bits per heavy atom. The van der Waals surface area contributed by atoms with E-state index in [-0.39, 0.29) is 30.2 Å². The van der Waals surface area contributed by atoms with E-state index in [1.54, 1.807) is 0 Å². The van der Waals surface area contributed by atoms with Crippen molar-refractivity contribution in [3.05, 3.63) is 23.8 Å². The van der Waals surface area contributed by atoms with Gasteiger partial charge >= 0.3 is 0 Å². The van der Waals surface area contributed by atoms with Crippen molar-refractivity contribution in [1.29, 1.82) is 0 Å². The molecule has 0 spiro atoms. The summed E-state index contributed by atoms with van der Waals surface area (Å²) in [6.45, 7) is 0.134. The van der Waals surface area contributed by atoms with Crippen molar-refractivity contribution in [2.24, 2.45) is 0 Å². The highest BCUT2D eigenvalue weighted by molar-refractivity contribution is 5.96. The number of phenolic OH excluding ortho intramolecular Hbond substituents is 2. The van der Waals surface area contributed by atoms with Gasteiger partial charge < -0.3 is 25.4 Å². The molecule has 0 aliphatic rings. The maximum atomic E-state index is 11.6. The van der Waals surface area contributed by atoms with Gasteiger partial charge in [0, 0.05) is 19.7 Å². The molecular weight excluding hydrogens is 226 g/mol. The first-order valence-corrected chi connectivity index (χ1v) is 5.01. The van der Waals surface area contributed by atoms with Crippen LogP contribution < -0.4 is 5.32 Å². The van der Waals surface area contributed by atoms with E-state index >= 15 is 0 Å². The standard InChI is InChI=1S/C11H15NO5/c1-17-6-8(14)5-12-11(16)9-3-2-7(13)4-10(9)15/h2-4,8,13-15H,5-6H2,1H3,(H,12,16). The van der Waals surface area contributed by atoms with Crippen molar-refractivity contribution in [3.8, 4) is 11.5 Å². The highest BCUT2D eigenvalue weighted by atomic mass is 16.5. The minimum atomic E-state index is -0.803. The van der Waals surface area contributed by atoms with Crippen molar-refractivity contribution >= 4 is 5.91 Å². The number of ether oxygens (including phenoxy) is 1. The van der Waals surface area contributed by atoms with Gasteiger partial charge in [-0.05, 0) is 12.1 Å². The van der Waals surface area contributed by atoms with Crippen molar-refractivity contribution in [2.45, 2.75) is 6.10 Å². The summed E-state index contributed by atoms with van der Waals surface area (Å²) < 4.78 is 4.70. The number of phenols is 2. The van der Waals surface area contributed by atoms with E-state index in [0.717, 1.165) is 6.07 Å². The Morgan fingerprint density at radius 2 is 2.18 bits per heavy atom. The van der Waals surface area contributed by atoms with E-state index in [1.165, 1.54) is 19.2 Å². The molecule has 6 heteroatoms. The van der Waals surface area contributed by atoms with E-state index in [9.17, 15) is 15.0 Å². The molecule has 0 saturated heterocycles. The van der Waals surface area contributed by atoms with Gasteiger partial charge in [-0.1, -0.05) is 0 Å². The molecule has 0 aromatic heterocycles. The van der Waals surface area contributed by atoms with Gasteiger partial charge in [-0.25, -0.2) is 0 Å². The van der Waals surface area contributed by atoms with Crippen LogP contribution in [0.1, 0.15) is 10.4 Å². The van der Waals surface area contributed by atoms with Gasteiger partial charge in [-0.15, -0.1) is 0 Å². The summed E-state index contributed by atoms with van der Waals surface area (Å²) in [4.78, 5) is 11.6. The minimum Gasteiger partial charge on any atom is -0.508 e. The summed E-state index contributed by atoms with van der Waals surface area (Å²) in [5.74, 6) is -0.972. The van der Waals surface area contributed by atoms with Crippen LogP contribution in [0.3, 0.4) is 0 Å². The van der Waals surface area contributed by atoms with Gasteiger partial charge in [0.1, 0.15) is 11.5 Å². The number of hydrogen-bond donors (Lipinski definition) is 4. The lowest BCUT2D eigenvalue weighted by Gasteiger charge is -2.11. The number of aromatic hydroxyl groups is 2. The zero-order valence-corrected chi connectivity index (χ0v) is 9.38. The lowest BCUT2D eigenvalue weighted by atomic mass is 10.1. The van der Waals surface area contributed by atoms with Crippen LogP contribution in [0, 0.1) is 0 Å². The van der Waals surface area contributed by atoms with E-state index in [2.05, 4.69) is 5.32 Å². The molecular formula is C11H15NO5. The Morgan fingerprint density at radius 1 is 1.47 bits per heavy atom. The second-order valence-electron chi connectivity index (χ2n) is 3.52. The Balaban J connectivity index is 2.58.